The lowest BCUT2D eigenvalue weighted by atomic mass is 10.2. The third kappa shape index (κ3) is 2.63. The fourth-order valence-corrected chi connectivity index (χ4v) is 1.70. The van der Waals surface area contributed by atoms with Gasteiger partial charge in [0, 0.05) is 0 Å². The summed E-state index contributed by atoms with van der Waals surface area (Å²) < 4.78 is 5.57. The Morgan fingerprint density at radius 1 is 1.17 bits per heavy atom. The first kappa shape index (κ1) is 12.5. The molecule has 92 valence electrons. The van der Waals surface area contributed by atoms with Gasteiger partial charge in [-0.2, -0.15) is 0 Å². The van der Waals surface area contributed by atoms with Crippen molar-refractivity contribution in [1.29, 1.82) is 0 Å². The number of ether oxygens (including phenoxy) is 1. The van der Waals surface area contributed by atoms with E-state index >= 15 is 0 Å². The minimum Gasteiger partial charge on any atom is -0.478 e. The van der Waals surface area contributed by atoms with Crippen LogP contribution in [0.1, 0.15) is 15.9 Å². The molecule has 0 aromatic heterocycles. The molecule has 0 spiro atoms. The molecule has 2 aromatic carbocycles. The average molecular weight is 263 g/mol. The number of rotatable bonds is 3. The molecule has 0 aliphatic rings. The molecule has 18 heavy (non-hydrogen) atoms. The number of hydrogen-bond donors (Lipinski definition) is 1. The van der Waals surface area contributed by atoms with E-state index in [2.05, 4.69) is 0 Å². The lowest BCUT2D eigenvalue weighted by Gasteiger charge is -2.10. The van der Waals surface area contributed by atoms with Gasteiger partial charge in [-0.15, -0.1) is 0 Å². The minimum absolute atomic E-state index is 0.107. The van der Waals surface area contributed by atoms with Crippen molar-refractivity contribution in [1.82, 2.24) is 0 Å². The molecule has 0 bridgehead atoms. The number of aryl methyl sites for hydroxylation is 1. The van der Waals surface area contributed by atoms with E-state index in [9.17, 15) is 4.79 Å². The zero-order chi connectivity index (χ0) is 13.1. The van der Waals surface area contributed by atoms with Crippen LogP contribution in [0.2, 0.25) is 5.02 Å². The van der Waals surface area contributed by atoms with E-state index in [0.717, 1.165) is 5.56 Å². The van der Waals surface area contributed by atoms with Crippen molar-refractivity contribution in [3.05, 3.63) is 58.6 Å². The van der Waals surface area contributed by atoms with Crippen molar-refractivity contribution in [3.8, 4) is 11.5 Å². The molecule has 3 nitrogen and oxygen atoms in total. The van der Waals surface area contributed by atoms with Crippen molar-refractivity contribution in [3.63, 3.8) is 0 Å². The summed E-state index contributed by atoms with van der Waals surface area (Å²) in [5, 5.41) is 9.50. The van der Waals surface area contributed by atoms with E-state index in [0.29, 0.717) is 10.8 Å². The standard InChI is InChI=1S/C14H11ClO3/c1-9-6-7-11(15)13(8-9)18-12-5-3-2-4-10(12)14(16)17/h2-8H,1H3,(H,16,17). The number of benzene rings is 2. The Morgan fingerprint density at radius 2 is 1.89 bits per heavy atom. The van der Waals surface area contributed by atoms with E-state index in [4.69, 9.17) is 21.4 Å². The predicted octanol–water partition coefficient (Wildman–Crippen LogP) is 4.14. The van der Waals surface area contributed by atoms with Crippen molar-refractivity contribution in [2.24, 2.45) is 0 Å². The van der Waals surface area contributed by atoms with E-state index in [1.807, 2.05) is 13.0 Å². The Labute approximate surface area is 110 Å². The van der Waals surface area contributed by atoms with Gasteiger partial charge in [-0.25, -0.2) is 4.79 Å². The summed E-state index contributed by atoms with van der Waals surface area (Å²) in [5.74, 6) is -0.308. The topological polar surface area (TPSA) is 46.5 Å². The summed E-state index contributed by atoms with van der Waals surface area (Å²) in [6.45, 7) is 1.91. The van der Waals surface area contributed by atoms with Gasteiger partial charge in [-0.05, 0) is 36.8 Å². The second-order valence-electron chi connectivity index (χ2n) is 3.84. The van der Waals surface area contributed by atoms with Crippen LogP contribution in [0.3, 0.4) is 0 Å². The lowest BCUT2D eigenvalue weighted by molar-refractivity contribution is 0.0694. The maximum Gasteiger partial charge on any atom is 0.339 e. The molecule has 0 aliphatic heterocycles. The molecule has 0 amide bonds. The fourth-order valence-electron chi connectivity index (χ4n) is 1.54. The van der Waals surface area contributed by atoms with E-state index in [1.54, 1.807) is 30.3 Å². The van der Waals surface area contributed by atoms with Gasteiger partial charge in [0.25, 0.3) is 0 Å². The summed E-state index contributed by atoms with van der Waals surface area (Å²) >= 11 is 6.01. The molecule has 1 N–H and O–H groups in total. The van der Waals surface area contributed by atoms with Gasteiger partial charge in [0.15, 0.2) is 0 Å². The summed E-state index contributed by atoms with van der Waals surface area (Å²) in [6, 6.07) is 11.8. The van der Waals surface area contributed by atoms with Gasteiger partial charge in [0.05, 0.1) is 5.02 Å². The molecule has 2 rings (SSSR count). The van der Waals surface area contributed by atoms with Crippen molar-refractivity contribution >= 4 is 17.6 Å². The maximum absolute atomic E-state index is 11.1. The molecule has 0 saturated heterocycles. The van der Waals surface area contributed by atoms with Gasteiger partial charge in [-0.3, -0.25) is 0 Å². The van der Waals surface area contributed by atoms with Crippen LogP contribution < -0.4 is 4.74 Å². The van der Waals surface area contributed by atoms with Gasteiger partial charge in [-0.1, -0.05) is 29.8 Å². The maximum atomic E-state index is 11.1. The zero-order valence-electron chi connectivity index (χ0n) is 9.68. The molecular weight excluding hydrogens is 252 g/mol. The van der Waals surface area contributed by atoms with Crippen molar-refractivity contribution in [2.45, 2.75) is 6.92 Å². The highest BCUT2D eigenvalue weighted by Crippen LogP contribution is 2.31. The summed E-state index contributed by atoms with van der Waals surface area (Å²) in [7, 11) is 0. The lowest BCUT2D eigenvalue weighted by Crippen LogP contribution is -1.99. The Morgan fingerprint density at radius 3 is 2.61 bits per heavy atom. The highest BCUT2D eigenvalue weighted by Gasteiger charge is 2.12. The van der Waals surface area contributed by atoms with Crippen molar-refractivity contribution < 1.29 is 14.6 Å². The van der Waals surface area contributed by atoms with Crippen LogP contribution in [0.15, 0.2) is 42.5 Å². The molecule has 4 heteroatoms. The Hall–Kier alpha value is -2.00. The highest BCUT2D eigenvalue weighted by molar-refractivity contribution is 6.32. The fraction of sp³-hybridized carbons (Fsp3) is 0.0714. The van der Waals surface area contributed by atoms with Gasteiger partial charge in [0.1, 0.15) is 17.1 Å². The summed E-state index contributed by atoms with van der Waals surface area (Å²) in [6.07, 6.45) is 0. The number of carboxylic acids is 1. The highest BCUT2D eigenvalue weighted by atomic mass is 35.5. The number of carboxylic acid groups (broad SMARTS) is 1. The summed E-state index contributed by atoms with van der Waals surface area (Å²) in [5.41, 5.74) is 1.09. The molecule has 2 aromatic rings. The van der Waals surface area contributed by atoms with Gasteiger partial charge < -0.3 is 9.84 Å². The Bertz CT molecular complexity index is 593. The van der Waals surface area contributed by atoms with Crippen LogP contribution in [0.25, 0.3) is 0 Å². The van der Waals surface area contributed by atoms with E-state index in [1.165, 1.54) is 6.07 Å². The van der Waals surface area contributed by atoms with Crippen LogP contribution in [-0.2, 0) is 0 Å². The number of hydrogen-bond acceptors (Lipinski definition) is 2. The first-order valence-electron chi connectivity index (χ1n) is 5.34. The molecule has 0 radical (unpaired) electrons. The molecule has 0 aliphatic carbocycles. The zero-order valence-corrected chi connectivity index (χ0v) is 10.4. The Kier molecular flexibility index (Phi) is 3.53. The van der Waals surface area contributed by atoms with E-state index < -0.39 is 5.97 Å². The largest absolute Gasteiger partial charge is 0.478 e. The predicted molar refractivity (Wildman–Crippen MR) is 69.7 cm³/mol. The molecule has 0 unspecified atom stereocenters. The van der Waals surface area contributed by atoms with Crippen LogP contribution >= 0.6 is 11.6 Å². The summed E-state index contributed by atoms with van der Waals surface area (Å²) in [4.78, 5) is 11.1. The molecule has 0 atom stereocenters. The third-order valence-corrected chi connectivity index (χ3v) is 2.74. The second-order valence-corrected chi connectivity index (χ2v) is 4.24. The van der Waals surface area contributed by atoms with Crippen molar-refractivity contribution in [2.75, 3.05) is 0 Å². The first-order chi connectivity index (χ1) is 8.58. The Balaban J connectivity index is 2.40. The molecular formula is C14H11ClO3. The van der Waals surface area contributed by atoms with Crippen LogP contribution in [0.4, 0.5) is 0 Å². The van der Waals surface area contributed by atoms with Crippen LogP contribution in [0, 0.1) is 6.92 Å². The molecule has 0 fully saturated rings. The number of aromatic carboxylic acids is 1. The quantitative estimate of drug-likeness (QED) is 0.904. The SMILES string of the molecule is Cc1ccc(Cl)c(Oc2ccccc2C(=O)O)c1. The third-order valence-electron chi connectivity index (χ3n) is 2.42. The molecule has 0 heterocycles. The number of para-hydroxylation sites is 1. The minimum atomic E-state index is -1.03. The number of halogens is 1. The number of carbonyl (C=O) groups is 1. The molecule has 0 saturated carbocycles. The van der Waals surface area contributed by atoms with Gasteiger partial charge in [0.2, 0.25) is 0 Å². The average Bonchev–Trinajstić information content (AvgIpc) is 2.34. The monoisotopic (exact) mass is 262 g/mol. The smallest absolute Gasteiger partial charge is 0.339 e. The van der Waals surface area contributed by atoms with Crippen LogP contribution in [0.5, 0.6) is 11.5 Å². The second kappa shape index (κ2) is 5.10. The normalized spacial score (nSPS) is 10.1. The van der Waals surface area contributed by atoms with E-state index in [-0.39, 0.29) is 11.3 Å². The van der Waals surface area contributed by atoms with Gasteiger partial charge >= 0.3 is 5.97 Å². The van der Waals surface area contributed by atoms with Crippen LogP contribution in [-0.4, -0.2) is 11.1 Å². The first-order valence-corrected chi connectivity index (χ1v) is 5.72.